The van der Waals surface area contributed by atoms with Crippen molar-refractivity contribution in [2.24, 2.45) is 0 Å². The molecule has 0 fully saturated rings. The maximum Gasteiger partial charge on any atom is 0.104 e. The van der Waals surface area contributed by atoms with E-state index in [1.807, 2.05) is 49.4 Å². The Bertz CT molecular complexity index is 1240. The van der Waals surface area contributed by atoms with Crippen LogP contribution in [0.1, 0.15) is 5.82 Å². The van der Waals surface area contributed by atoms with E-state index in [9.17, 15) is 0 Å². The molecule has 0 saturated carbocycles. The van der Waals surface area contributed by atoms with Gasteiger partial charge in [-0.25, -0.2) is 9.97 Å². The number of aryl methyl sites for hydroxylation is 1. The number of nitrogens with zero attached hydrogens (tertiary/aromatic N) is 2. The zero-order chi connectivity index (χ0) is 18.9. The lowest BCUT2D eigenvalue weighted by molar-refractivity contribution is 1.17. The van der Waals surface area contributed by atoms with E-state index in [4.69, 9.17) is 9.97 Å². The SMILES string of the molecule is Cc1nc2c(-c3ccccc3)c(-c3ccccc3)nc(-c3ccccc3)c2[nH]1. The van der Waals surface area contributed by atoms with Crippen LogP contribution in [0.2, 0.25) is 0 Å². The Kier molecular flexibility index (Phi) is 3.99. The van der Waals surface area contributed by atoms with Gasteiger partial charge >= 0.3 is 0 Å². The Labute approximate surface area is 163 Å². The molecule has 134 valence electrons. The van der Waals surface area contributed by atoms with Crippen LogP contribution in [-0.4, -0.2) is 15.0 Å². The second kappa shape index (κ2) is 6.78. The molecule has 0 aliphatic rings. The van der Waals surface area contributed by atoms with Crippen LogP contribution in [0.4, 0.5) is 0 Å². The predicted octanol–water partition coefficient (Wildman–Crippen LogP) is 6.27. The molecule has 0 bridgehead atoms. The van der Waals surface area contributed by atoms with Gasteiger partial charge < -0.3 is 4.98 Å². The Morgan fingerprint density at radius 1 is 0.571 bits per heavy atom. The normalized spacial score (nSPS) is 11.0. The lowest BCUT2D eigenvalue weighted by atomic mass is 9.96. The number of hydrogen-bond acceptors (Lipinski definition) is 2. The summed E-state index contributed by atoms with van der Waals surface area (Å²) in [5.41, 5.74) is 8.14. The largest absolute Gasteiger partial charge is 0.340 e. The van der Waals surface area contributed by atoms with Gasteiger partial charge in [-0.15, -0.1) is 0 Å². The number of benzene rings is 3. The van der Waals surface area contributed by atoms with Crippen molar-refractivity contribution in [1.82, 2.24) is 15.0 Å². The van der Waals surface area contributed by atoms with Gasteiger partial charge in [0.15, 0.2) is 0 Å². The molecule has 2 aromatic heterocycles. The van der Waals surface area contributed by atoms with Crippen LogP contribution in [0.5, 0.6) is 0 Å². The molecule has 3 heteroatoms. The standard InChI is InChI=1S/C25H19N3/c1-17-26-24-21(18-11-5-2-6-12-18)22(19-13-7-3-8-14-19)28-23(25(24)27-17)20-15-9-4-10-16-20/h2-16H,1H3,(H,26,27). The summed E-state index contributed by atoms with van der Waals surface area (Å²) in [5, 5.41) is 0. The van der Waals surface area contributed by atoms with Crippen LogP contribution in [0, 0.1) is 6.92 Å². The fourth-order valence-corrected chi connectivity index (χ4v) is 3.67. The molecule has 0 aliphatic heterocycles. The van der Waals surface area contributed by atoms with Gasteiger partial charge in [-0.05, 0) is 12.5 Å². The summed E-state index contributed by atoms with van der Waals surface area (Å²) in [7, 11) is 0. The van der Waals surface area contributed by atoms with E-state index >= 15 is 0 Å². The minimum atomic E-state index is 0.886. The van der Waals surface area contributed by atoms with Crippen molar-refractivity contribution in [3.63, 3.8) is 0 Å². The molecule has 28 heavy (non-hydrogen) atoms. The van der Waals surface area contributed by atoms with Crippen LogP contribution in [0.25, 0.3) is 44.7 Å². The smallest absolute Gasteiger partial charge is 0.104 e. The fraction of sp³-hybridized carbons (Fsp3) is 0.0400. The van der Waals surface area contributed by atoms with Crippen LogP contribution in [0.3, 0.4) is 0 Å². The van der Waals surface area contributed by atoms with Gasteiger partial charge in [0.25, 0.3) is 0 Å². The highest BCUT2D eigenvalue weighted by atomic mass is 14.9. The van der Waals surface area contributed by atoms with Crippen molar-refractivity contribution in [1.29, 1.82) is 0 Å². The first-order chi connectivity index (χ1) is 13.8. The first-order valence-corrected chi connectivity index (χ1v) is 9.38. The molecule has 0 radical (unpaired) electrons. The van der Waals surface area contributed by atoms with Gasteiger partial charge in [0.1, 0.15) is 11.3 Å². The third kappa shape index (κ3) is 2.78. The maximum atomic E-state index is 5.16. The number of fused-ring (bicyclic) bond motifs is 1. The third-order valence-electron chi connectivity index (χ3n) is 4.91. The lowest BCUT2D eigenvalue weighted by Crippen LogP contribution is -1.95. The monoisotopic (exact) mass is 361 g/mol. The zero-order valence-corrected chi connectivity index (χ0v) is 15.6. The molecule has 1 N–H and O–H groups in total. The topological polar surface area (TPSA) is 41.6 Å². The molecule has 0 aliphatic carbocycles. The van der Waals surface area contributed by atoms with Crippen molar-refractivity contribution < 1.29 is 0 Å². The molecule has 3 aromatic carbocycles. The Morgan fingerprint density at radius 2 is 1.07 bits per heavy atom. The Balaban J connectivity index is 1.92. The summed E-state index contributed by atoms with van der Waals surface area (Å²) in [6.07, 6.45) is 0. The average molecular weight is 361 g/mol. The maximum absolute atomic E-state index is 5.16. The predicted molar refractivity (Wildman–Crippen MR) is 115 cm³/mol. The first-order valence-electron chi connectivity index (χ1n) is 9.38. The number of imidazole rings is 1. The van der Waals surface area contributed by atoms with E-state index in [1.54, 1.807) is 0 Å². The van der Waals surface area contributed by atoms with Gasteiger partial charge in [0.2, 0.25) is 0 Å². The van der Waals surface area contributed by atoms with Crippen LogP contribution in [0.15, 0.2) is 91.0 Å². The van der Waals surface area contributed by atoms with E-state index in [0.29, 0.717) is 0 Å². The number of hydrogen-bond donors (Lipinski definition) is 1. The summed E-state index contributed by atoms with van der Waals surface area (Å²) < 4.78 is 0. The molecule has 0 spiro atoms. The minimum Gasteiger partial charge on any atom is -0.340 e. The second-order valence-corrected chi connectivity index (χ2v) is 6.83. The highest BCUT2D eigenvalue weighted by Gasteiger charge is 2.20. The number of aromatic nitrogens is 3. The van der Waals surface area contributed by atoms with Gasteiger partial charge in [-0.1, -0.05) is 91.0 Å². The van der Waals surface area contributed by atoms with Gasteiger partial charge in [0.05, 0.1) is 16.9 Å². The van der Waals surface area contributed by atoms with Crippen molar-refractivity contribution in [3.8, 4) is 33.6 Å². The van der Waals surface area contributed by atoms with Gasteiger partial charge in [-0.3, -0.25) is 0 Å². The summed E-state index contributed by atoms with van der Waals surface area (Å²) >= 11 is 0. The molecule has 0 saturated heterocycles. The molecule has 3 nitrogen and oxygen atoms in total. The van der Waals surface area contributed by atoms with Crippen LogP contribution < -0.4 is 0 Å². The van der Waals surface area contributed by atoms with Crippen molar-refractivity contribution in [2.75, 3.05) is 0 Å². The number of nitrogens with one attached hydrogen (secondary N) is 1. The summed E-state index contributed by atoms with van der Waals surface area (Å²) in [6, 6.07) is 31.0. The number of aromatic amines is 1. The zero-order valence-electron chi connectivity index (χ0n) is 15.6. The summed E-state index contributed by atoms with van der Waals surface area (Å²) in [5.74, 6) is 0.886. The molecule has 0 atom stereocenters. The summed E-state index contributed by atoms with van der Waals surface area (Å²) in [4.78, 5) is 13.5. The highest BCUT2D eigenvalue weighted by Crippen LogP contribution is 2.39. The van der Waals surface area contributed by atoms with E-state index in [1.165, 1.54) is 0 Å². The highest BCUT2D eigenvalue weighted by molar-refractivity contribution is 6.04. The van der Waals surface area contributed by atoms with Crippen molar-refractivity contribution >= 4 is 11.0 Å². The summed E-state index contributed by atoms with van der Waals surface area (Å²) in [6.45, 7) is 1.99. The third-order valence-corrected chi connectivity index (χ3v) is 4.91. The fourth-order valence-electron chi connectivity index (χ4n) is 3.67. The molecule has 5 rings (SSSR count). The molecular formula is C25H19N3. The van der Waals surface area contributed by atoms with E-state index < -0.39 is 0 Å². The second-order valence-electron chi connectivity index (χ2n) is 6.83. The Hall–Kier alpha value is -3.72. The number of H-pyrrole nitrogens is 1. The molecular weight excluding hydrogens is 342 g/mol. The number of pyridine rings is 1. The molecule has 0 unspecified atom stereocenters. The van der Waals surface area contributed by atoms with E-state index in [2.05, 4.69) is 53.5 Å². The van der Waals surface area contributed by atoms with E-state index in [0.717, 1.165) is 50.5 Å². The average Bonchev–Trinajstić information content (AvgIpc) is 3.15. The van der Waals surface area contributed by atoms with E-state index in [-0.39, 0.29) is 0 Å². The lowest BCUT2D eigenvalue weighted by Gasteiger charge is -2.14. The van der Waals surface area contributed by atoms with Crippen LogP contribution in [-0.2, 0) is 0 Å². The van der Waals surface area contributed by atoms with Gasteiger partial charge in [0, 0.05) is 16.7 Å². The van der Waals surface area contributed by atoms with Crippen molar-refractivity contribution in [3.05, 3.63) is 96.8 Å². The molecule has 5 aromatic rings. The first kappa shape index (κ1) is 16.5. The van der Waals surface area contributed by atoms with Crippen LogP contribution >= 0.6 is 0 Å². The molecule has 2 heterocycles. The number of rotatable bonds is 3. The van der Waals surface area contributed by atoms with Crippen molar-refractivity contribution in [2.45, 2.75) is 6.92 Å². The Morgan fingerprint density at radius 3 is 1.64 bits per heavy atom. The minimum absolute atomic E-state index is 0.886. The molecule has 0 amide bonds. The quantitative estimate of drug-likeness (QED) is 0.411. The van der Waals surface area contributed by atoms with Gasteiger partial charge in [-0.2, -0.15) is 0 Å².